The highest BCUT2D eigenvalue weighted by Gasteiger charge is 2.60. The molecule has 0 spiro atoms. The zero-order valence-electron chi connectivity index (χ0n) is 20.5. The van der Waals surface area contributed by atoms with Crippen molar-refractivity contribution in [1.29, 1.82) is 0 Å². The van der Waals surface area contributed by atoms with Crippen molar-refractivity contribution in [3.63, 3.8) is 0 Å². The number of benzene rings is 1. The molecule has 4 saturated carbocycles. The fourth-order valence-electron chi connectivity index (χ4n) is 9.25. The maximum absolute atomic E-state index is 12.4. The lowest BCUT2D eigenvalue weighted by Crippen LogP contribution is -2.55. The molecular weight excluding hydrogens is 378 g/mol. The monoisotopic (exact) mass is 421 g/mol. The van der Waals surface area contributed by atoms with Gasteiger partial charge in [-0.2, -0.15) is 0 Å². The highest BCUT2D eigenvalue weighted by Crippen LogP contribution is 2.67. The molecule has 1 aromatic rings. The molecule has 0 aromatic heterocycles. The maximum atomic E-state index is 12.4. The minimum absolute atomic E-state index is 0.291. The Labute approximate surface area is 190 Å². The smallest absolute Gasteiger partial charge is 0.133 e. The highest BCUT2D eigenvalue weighted by atomic mass is 16.1. The zero-order chi connectivity index (χ0) is 22.0. The van der Waals surface area contributed by atoms with E-state index < -0.39 is 0 Å². The van der Waals surface area contributed by atoms with E-state index in [0.717, 1.165) is 30.1 Å². The fourth-order valence-corrected chi connectivity index (χ4v) is 9.25. The topological polar surface area (TPSA) is 20.3 Å². The lowest BCUT2D eigenvalue weighted by molar-refractivity contribution is -0.134. The molecule has 0 heterocycles. The van der Waals surface area contributed by atoms with E-state index in [4.69, 9.17) is 0 Å². The predicted molar refractivity (Wildman–Crippen MR) is 129 cm³/mol. The van der Waals surface area contributed by atoms with Crippen molar-refractivity contribution in [2.45, 2.75) is 91.5 Å². The van der Waals surface area contributed by atoms with Crippen LogP contribution in [0.1, 0.15) is 84.1 Å². The molecule has 5 rings (SSSR count). The number of Topliss-reactive ketones (excluding diaryl/α,β-unsaturated/α-hetero) is 1. The van der Waals surface area contributed by atoms with Crippen molar-refractivity contribution in [2.75, 3.05) is 11.9 Å². The lowest BCUT2D eigenvalue weighted by atomic mass is 9.44. The number of aryl methyl sites for hydroxylation is 1. The summed E-state index contributed by atoms with van der Waals surface area (Å²) in [5, 5.41) is 0. The number of hydrogen-bond donors (Lipinski definition) is 0. The standard InChI is InChI=1S/C29H43NO/c1-19-6-9-22(10-7-19)30(5)23-14-16-28(3)21(18-23)8-11-24-26-13-12-25(20(2)31)29(26,4)17-15-27(24)28/h6-7,9-10,21,23-27H,8,11-18H2,1-5H3/t21?,23-,24?,25-,26?,27?,28+,29-/m1/s1. The molecular formula is C29H43NO. The largest absolute Gasteiger partial charge is 0.372 e. The van der Waals surface area contributed by atoms with Crippen molar-refractivity contribution in [1.82, 2.24) is 0 Å². The molecule has 8 atom stereocenters. The molecule has 31 heavy (non-hydrogen) atoms. The summed E-state index contributed by atoms with van der Waals surface area (Å²) in [6.07, 6.45) is 12.0. The molecule has 0 saturated heterocycles. The second-order valence-corrected chi connectivity index (χ2v) is 12.3. The lowest BCUT2D eigenvalue weighted by Gasteiger charge is -2.61. The minimum Gasteiger partial charge on any atom is -0.372 e. The van der Waals surface area contributed by atoms with Crippen molar-refractivity contribution in [3.8, 4) is 0 Å². The molecule has 170 valence electrons. The van der Waals surface area contributed by atoms with Gasteiger partial charge in [0.1, 0.15) is 5.78 Å². The number of anilines is 1. The van der Waals surface area contributed by atoms with E-state index in [-0.39, 0.29) is 0 Å². The first-order valence-corrected chi connectivity index (χ1v) is 13.0. The van der Waals surface area contributed by atoms with Crippen LogP contribution >= 0.6 is 0 Å². The Morgan fingerprint density at radius 2 is 1.58 bits per heavy atom. The second kappa shape index (κ2) is 7.63. The van der Waals surface area contributed by atoms with Gasteiger partial charge in [0.15, 0.2) is 0 Å². The van der Waals surface area contributed by atoms with E-state index >= 15 is 0 Å². The fraction of sp³-hybridized carbons (Fsp3) is 0.759. The summed E-state index contributed by atoms with van der Waals surface area (Å²) in [6, 6.07) is 9.78. The van der Waals surface area contributed by atoms with Gasteiger partial charge in [0, 0.05) is 24.7 Å². The van der Waals surface area contributed by atoms with Gasteiger partial charge in [-0.15, -0.1) is 0 Å². The van der Waals surface area contributed by atoms with Gasteiger partial charge in [-0.05, 0) is 118 Å². The van der Waals surface area contributed by atoms with Crippen LogP contribution in [0.15, 0.2) is 24.3 Å². The molecule has 4 fully saturated rings. The molecule has 0 radical (unpaired) electrons. The predicted octanol–water partition coefficient (Wildman–Crippen LogP) is 7.05. The summed E-state index contributed by atoms with van der Waals surface area (Å²) in [4.78, 5) is 15.0. The normalized spacial score (nSPS) is 44.2. The quantitative estimate of drug-likeness (QED) is 0.521. The van der Waals surface area contributed by atoms with Gasteiger partial charge in [0.25, 0.3) is 0 Å². The number of fused-ring (bicyclic) bond motifs is 5. The van der Waals surface area contributed by atoms with E-state index in [9.17, 15) is 4.79 Å². The van der Waals surface area contributed by atoms with Crippen LogP contribution in [0.3, 0.4) is 0 Å². The molecule has 0 amide bonds. The van der Waals surface area contributed by atoms with Gasteiger partial charge in [-0.3, -0.25) is 4.79 Å². The summed E-state index contributed by atoms with van der Waals surface area (Å²) in [7, 11) is 2.32. The molecule has 2 heteroatoms. The Hall–Kier alpha value is -1.31. The van der Waals surface area contributed by atoms with Crippen molar-refractivity contribution >= 4 is 11.5 Å². The zero-order valence-corrected chi connectivity index (χ0v) is 20.5. The second-order valence-electron chi connectivity index (χ2n) is 12.3. The van der Waals surface area contributed by atoms with E-state index in [0.29, 0.717) is 28.6 Å². The summed E-state index contributed by atoms with van der Waals surface area (Å²) in [5.41, 5.74) is 3.53. The van der Waals surface area contributed by atoms with E-state index in [1.165, 1.54) is 62.6 Å². The third-order valence-electron chi connectivity index (χ3n) is 11.1. The number of carbonyl (C=O) groups excluding carboxylic acids is 1. The molecule has 4 unspecified atom stereocenters. The van der Waals surface area contributed by atoms with Crippen LogP contribution in [0.4, 0.5) is 5.69 Å². The summed E-state index contributed by atoms with van der Waals surface area (Å²) < 4.78 is 0. The summed E-state index contributed by atoms with van der Waals surface area (Å²) in [5.74, 6) is 4.22. The van der Waals surface area contributed by atoms with Gasteiger partial charge < -0.3 is 4.90 Å². The highest BCUT2D eigenvalue weighted by molar-refractivity contribution is 5.79. The molecule has 1 aromatic carbocycles. The van der Waals surface area contributed by atoms with Crippen LogP contribution < -0.4 is 4.90 Å². The van der Waals surface area contributed by atoms with E-state index in [1.54, 1.807) is 0 Å². The van der Waals surface area contributed by atoms with Crippen molar-refractivity contribution in [3.05, 3.63) is 29.8 Å². The van der Waals surface area contributed by atoms with E-state index in [2.05, 4.69) is 57.0 Å². The SMILES string of the molecule is CC(=O)[C@H]1CCC2C3CCC4C[C@H](N(C)c5ccc(C)cc5)CC[C@]4(C)C3CC[C@@]21C. The Balaban J connectivity index is 1.32. The number of nitrogens with zero attached hydrogens (tertiary/aromatic N) is 1. The van der Waals surface area contributed by atoms with Gasteiger partial charge in [-0.25, -0.2) is 0 Å². The Morgan fingerprint density at radius 1 is 0.903 bits per heavy atom. The van der Waals surface area contributed by atoms with Crippen LogP contribution in [0.2, 0.25) is 0 Å². The molecule has 0 bridgehead atoms. The Kier molecular flexibility index (Phi) is 5.30. The van der Waals surface area contributed by atoms with Crippen LogP contribution in [-0.4, -0.2) is 18.9 Å². The Morgan fingerprint density at radius 3 is 2.29 bits per heavy atom. The first-order chi connectivity index (χ1) is 14.7. The van der Waals surface area contributed by atoms with Gasteiger partial charge in [0.05, 0.1) is 0 Å². The average molecular weight is 422 g/mol. The third kappa shape index (κ3) is 3.30. The molecule has 4 aliphatic carbocycles. The van der Waals surface area contributed by atoms with Gasteiger partial charge >= 0.3 is 0 Å². The minimum atomic E-state index is 0.291. The van der Waals surface area contributed by atoms with E-state index in [1.807, 2.05) is 6.92 Å². The van der Waals surface area contributed by atoms with Crippen LogP contribution in [0.25, 0.3) is 0 Å². The van der Waals surface area contributed by atoms with Crippen molar-refractivity contribution < 1.29 is 4.79 Å². The maximum Gasteiger partial charge on any atom is 0.133 e. The number of ketones is 1. The third-order valence-corrected chi connectivity index (χ3v) is 11.1. The summed E-state index contributed by atoms with van der Waals surface area (Å²) in [6.45, 7) is 9.17. The van der Waals surface area contributed by atoms with Crippen LogP contribution in [-0.2, 0) is 4.79 Å². The number of carbonyl (C=O) groups is 1. The molecule has 2 nitrogen and oxygen atoms in total. The number of rotatable bonds is 3. The summed E-state index contributed by atoms with van der Waals surface area (Å²) >= 11 is 0. The van der Waals surface area contributed by atoms with Gasteiger partial charge in [0.2, 0.25) is 0 Å². The molecule has 4 aliphatic rings. The Bertz CT molecular complexity index is 830. The molecule has 0 aliphatic heterocycles. The van der Waals surface area contributed by atoms with Crippen LogP contribution in [0.5, 0.6) is 0 Å². The van der Waals surface area contributed by atoms with Gasteiger partial charge in [-0.1, -0.05) is 31.5 Å². The molecule has 0 N–H and O–H groups in total. The average Bonchev–Trinajstić information content (AvgIpc) is 3.11. The first kappa shape index (κ1) is 21.5. The van der Waals surface area contributed by atoms with Crippen molar-refractivity contribution in [2.24, 2.45) is 40.4 Å². The number of hydrogen-bond acceptors (Lipinski definition) is 2. The first-order valence-electron chi connectivity index (χ1n) is 13.0. The van der Waals surface area contributed by atoms with Crippen LogP contribution in [0, 0.1) is 47.3 Å².